The topological polar surface area (TPSA) is 41.5 Å². The molecule has 1 aromatic carbocycles. The van der Waals surface area contributed by atoms with Crippen LogP contribution in [0.4, 0.5) is 0 Å². The van der Waals surface area contributed by atoms with Crippen molar-refractivity contribution < 1.29 is 4.79 Å². The number of amides is 1. The van der Waals surface area contributed by atoms with Crippen molar-refractivity contribution in [3.63, 3.8) is 0 Å². The zero-order valence-electron chi connectivity index (χ0n) is 10.4. The Balaban J connectivity index is 1.96. The third-order valence-corrected chi connectivity index (χ3v) is 4.23. The van der Waals surface area contributed by atoms with Crippen molar-refractivity contribution in [3.05, 3.63) is 33.4 Å². The zero-order valence-corrected chi connectivity index (χ0v) is 12.6. The predicted molar refractivity (Wildman–Crippen MR) is 81.7 cm³/mol. The Morgan fingerprint density at radius 1 is 1.33 bits per heavy atom. The number of benzene rings is 1. The Morgan fingerprint density at radius 2 is 2.00 bits per heavy atom. The van der Waals surface area contributed by atoms with Crippen molar-refractivity contribution in [2.45, 2.75) is 32.6 Å². The van der Waals surface area contributed by atoms with Crippen LogP contribution in [0.3, 0.4) is 0 Å². The van der Waals surface area contributed by atoms with E-state index in [2.05, 4.69) is 40.0 Å². The summed E-state index contributed by atoms with van der Waals surface area (Å²) in [5.41, 5.74) is 4.47. The van der Waals surface area contributed by atoms with Gasteiger partial charge >= 0.3 is 0 Å². The van der Waals surface area contributed by atoms with Crippen LogP contribution < -0.4 is 5.43 Å². The van der Waals surface area contributed by atoms with Crippen molar-refractivity contribution in [1.82, 2.24) is 5.43 Å². The van der Waals surface area contributed by atoms with E-state index in [4.69, 9.17) is 0 Å². The van der Waals surface area contributed by atoms with Gasteiger partial charge in [0, 0.05) is 9.28 Å². The number of hydrogen-bond donors (Lipinski definition) is 1. The highest BCUT2D eigenvalue weighted by molar-refractivity contribution is 14.1. The van der Waals surface area contributed by atoms with Crippen molar-refractivity contribution in [2.75, 3.05) is 0 Å². The van der Waals surface area contributed by atoms with Crippen LogP contribution in [0, 0.1) is 9.49 Å². The first kappa shape index (κ1) is 13.5. The molecule has 0 aromatic heterocycles. The molecule has 0 unspecified atom stereocenters. The molecule has 1 amide bonds. The Bertz CT molecular complexity index is 461. The third-order valence-electron chi connectivity index (χ3n) is 3.29. The summed E-state index contributed by atoms with van der Waals surface area (Å²) in [7, 11) is 0. The lowest BCUT2D eigenvalue weighted by Crippen LogP contribution is -2.22. The van der Waals surface area contributed by atoms with Gasteiger partial charge in [-0.05, 0) is 66.3 Å². The van der Waals surface area contributed by atoms with E-state index >= 15 is 0 Å². The van der Waals surface area contributed by atoms with Crippen LogP contribution in [0.2, 0.25) is 0 Å². The van der Waals surface area contributed by atoms with Crippen LogP contribution in [-0.4, -0.2) is 11.6 Å². The minimum atomic E-state index is -0.119. The van der Waals surface area contributed by atoms with Gasteiger partial charge < -0.3 is 0 Å². The average Bonchev–Trinajstić information content (AvgIpc) is 2.38. The molecule has 1 fully saturated rings. The molecule has 0 saturated heterocycles. The largest absolute Gasteiger partial charge is 0.272 e. The number of hydrogen-bond acceptors (Lipinski definition) is 2. The van der Waals surface area contributed by atoms with E-state index in [0.717, 1.165) is 28.0 Å². The highest BCUT2D eigenvalue weighted by atomic mass is 127. The van der Waals surface area contributed by atoms with Gasteiger partial charge in [0.15, 0.2) is 0 Å². The maximum atomic E-state index is 11.9. The van der Waals surface area contributed by atoms with Gasteiger partial charge in [0.25, 0.3) is 5.91 Å². The number of carbonyl (C=O) groups is 1. The summed E-state index contributed by atoms with van der Waals surface area (Å²) in [5, 5.41) is 4.25. The number of hydrazone groups is 1. The van der Waals surface area contributed by atoms with E-state index in [1.54, 1.807) is 0 Å². The van der Waals surface area contributed by atoms with E-state index in [1.165, 1.54) is 12.8 Å². The molecule has 1 N–H and O–H groups in total. The molecule has 1 aliphatic carbocycles. The maximum absolute atomic E-state index is 11.9. The van der Waals surface area contributed by atoms with Gasteiger partial charge in [0.2, 0.25) is 0 Å². The molecule has 0 spiro atoms. The lowest BCUT2D eigenvalue weighted by Gasteiger charge is -2.18. The number of carbonyl (C=O) groups excluding carboxylic acids is 1. The Morgan fingerprint density at radius 3 is 2.67 bits per heavy atom. The molecule has 2 rings (SSSR count). The normalized spacial score (nSPS) is 19.4. The first-order valence-corrected chi connectivity index (χ1v) is 7.35. The molecule has 4 heteroatoms. The summed E-state index contributed by atoms with van der Waals surface area (Å²) in [4.78, 5) is 11.9. The third kappa shape index (κ3) is 3.54. The van der Waals surface area contributed by atoms with E-state index < -0.39 is 0 Å². The van der Waals surface area contributed by atoms with Gasteiger partial charge in [0.05, 0.1) is 5.56 Å². The number of nitrogens with one attached hydrogen (secondary N) is 1. The van der Waals surface area contributed by atoms with E-state index in [-0.39, 0.29) is 5.91 Å². The summed E-state index contributed by atoms with van der Waals surface area (Å²) in [6.45, 7) is 2.27. The fourth-order valence-electron chi connectivity index (χ4n) is 2.04. The fraction of sp³-hybridized carbons (Fsp3) is 0.429. The predicted octanol–water partition coefficient (Wildman–Crippen LogP) is 3.59. The molecule has 0 atom stereocenters. The first-order valence-electron chi connectivity index (χ1n) is 6.27. The van der Waals surface area contributed by atoms with Gasteiger partial charge in [-0.25, -0.2) is 5.43 Å². The van der Waals surface area contributed by atoms with Gasteiger partial charge in [0.1, 0.15) is 0 Å². The Hall–Kier alpha value is -0.910. The van der Waals surface area contributed by atoms with E-state index in [9.17, 15) is 4.79 Å². The maximum Gasteiger partial charge on any atom is 0.272 e. The molecule has 96 valence electrons. The molecule has 0 radical (unpaired) electrons. The highest BCUT2D eigenvalue weighted by Gasteiger charge is 2.14. The molecule has 1 aromatic rings. The standard InChI is InChI=1S/C14H17IN2O/c1-10-6-8-11(9-7-10)16-17-14(18)12-4-2-3-5-13(12)15/h2-5,10H,6-9H2,1H3,(H,17,18). The molecule has 1 aliphatic rings. The van der Waals surface area contributed by atoms with Crippen LogP contribution in [0.15, 0.2) is 29.4 Å². The monoisotopic (exact) mass is 356 g/mol. The molecule has 0 bridgehead atoms. The lowest BCUT2D eigenvalue weighted by atomic mass is 9.90. The van der Waals surface area contributed by atoms with Crippen LogP contribution in [0.25, 0.3) is 0 Å². The quantitative estimate of drug-likeness (QED) is 0.639. The van der Waals surface area contributed by atoms with Gasteiger partial charge in [-0.3, -0.25) is 4.79 Å². The second-order valence-corrected chi connectivity index (χ2v) is 5.94. The molecule has 1 saturated carbocycles. The minimum Gasteiger partial charge on any atom is -0.267 e. The lowest BCUT2D eigenvalue weighted by molar-refractivity contribution is 0.0953. The van der Waals surface area contributed by atoms with Crippen molar-refractivity contribution >= 4 is 34.2 Å². The summed E-state index contributed by atoms with van der Waals surface area (Å²) >= 11 is 2.16. The van der Waals surface area contributed by atoms with E-state index in [0.29, 0.717) is 5.56 Å². The Labute approximate surface area is 121 Å². The van der Waals surface area contributed by atoms with Gasteiger partial charge in [-0.2, -0.15) is 5.10 Å². The van der Waals surface area contributed by atoms with Crippen molar-refractivity contribution in [1.29, 1.82) is 0 Å². The summed E-state index contributed by atoms with van der Waals surface area (Å²) in [6, 6.07) is 7.53. The molecular formula is C14H17IN2O. The Kier molecular flexibility index (Phi) is 4.74. The zero-order chi connectivity index (χ0) is 13.0. The molecule has 3 nitrogen and oxygen atoms in total. The van der Waals surface area contributed by atoms with Crippen LogP contribution in [0.1, 0.15) is 43.0 Å². The molecule has 0 aliphatic heterocycles. The number of halogens is 1. The van der Waals surface area contributed by atoms with Crippen molar-refractivity contribution in [3.8, 4) is 0 Å². The van der Waals surface area contributed by atoms with Gasteiger partial charge in [-0.15, -0.1) is 0 Å². The summed E-state index contributed by atoms with van der Waals surface area (Å²) in [5.74, 6) is 0.667. The highest BCUT2D eigenvalue weighted by Crippen LogP contribution is 2.21. The average molecular weight is 356 g/mol. The molecular weight excluding hydrogens is 339 g/mol. The summed E-state index contributed by atoms with van der Waals surface area (Å²) < 4.78 is 0.949. The number of rotatable bonds is 2. The summed E-state index contributed by atoms with van der Waals surface area (Å²) in [6.07, 6.45) is 4.37. The van der Waals surface area contributed by atoms with Crippen molar-refractivity contribution in [2.24, 2.45) is 11.0 Å². The van der Waals surface area contributed by atoms with Crippen LogP contribution in [0.5, 0.6) is 0 Å². The van der Waals surface area contributed by atoms with Crippen LogP contribution in [-0.2, 0) is 0 Å². The van der Waals surface area contributed by atoms with E-state index in [1.807, 2.05) is 24.3 Å². The molecule has 0 heterocycles. The molecule has 18 heavy (non-hydrogen) atoms. The van der Waals surface area contributed by atoms with Crippen LogP contribution >= 0.6 is 22.6 Å². The first-order chi connectivity index (χ1) is 8.66. The number of nitrogens with zero attached hydrogens (tertiary/aromatic N) is 1. The van der Waals surface area contributed by atoms with Gasteiger partial charge in [-0.1, -0.05) is 19.1 Å². The smallest absolute Gasteiger partial charge is 0.267 e. The fourth-order valence-corrected chi connectivity index (χ4v) is 2.67. The SMILES string of the molecule is CC1CCC(=NNC(=O)c2ccccc2I)CC1. The second-order valence-electron chi connectivity index (χ2n) is 4.78. The minimum absolute atomic E-state index is 0.119. The second kappa shape index (κ2) is 6.31.